The van der Waals surface area contributed by atoms with Crippen LogP contribution in [-0.2, 0) is 29.5 Å². The highest BCUT2D eigenvalue weighted by atomic mass is 32.1. The summed E-state index contributed by atoms with van der Waals surface area (Å²) < 4.78 is 6.95. The van der Waals surface area contributed by atoms with Crippen molar-refractivity contribution in [1.82, 2.24) is 14.8 Å². The van der Waals surface area contributed by atoms with E-state index in [0.29, 0.717) is 13.2 Å². The molecule has 0 saturated heterocycles. The lowest BCUT2D eigenvalue weighted by atomic mass is 10.1. The van der Waals surface area contributed by atoms with Crippen LogP contribution in [0, 0.1) is 0 Å². The maximum absolute atomic E-state index is 11.9. The average molecular weight is 306 g/mol. The van der Waals surface area contributed by atoms with E-state index in [9.17, 15) is 4.79 Å². The second-order valence-corrected chi connectivity index (χ2v) is 6.05. The van der Waals surface area contributed by atoms with E-state index in [-0.39, 0.29) is 11.9 Å². The van der Waals surface area contributed by atoms with Gasteiger partial charge in [0.2, 0.25) is 0 Å². The summed E-state index contributed by atoms with van der Waals surface area (Å²) in [5.41, 5.74) is 1.98. The fourth-order valence-electron chi connectivity index (χ4n) is 2.52. The Hall–Kier alpha value is -1.89. The summed E-state index contributed by atoms with van der Waals surface area (Å²) in [7, 11) is 1.91. The van der Waals surface area contributed by atoms with Crippen molar-refractivity contribution in [2.75, 3.05) is 11.9 Å². The molecule has 0 saturated carbocycles. The number of esters is 1. The van der Waals surface area contributed by atoms with Crippen molar-refractivity contribution in [1.29, 1.82) is 0 Å². The van der Waals surface area contributed by atoms with E-state index in [1.165, 1.54) is 4.88 Å². The van der Waals surface area contributed by atoms with Gasteiger partial charge >= 0.3 is 5.97 Å². The molecule has 112 valence electrons. The highest BCUT2D eigenvalue weighted by molar-refractivity contribution is 7.15. The lowest BCUT2D eigenvalue weighted by Gasteiger charge is -2.08. The number of carbonyl (C=O) groups is 1. The Kier molecular flexibility index (Phi) is 3.92. The summed E-state index contributed by atoms with van der Waals surface area (Å²) in [5.74, 6) is -0.344. The van der Waals surface area contributed by atoms with E-state index < -0.39 is 0 Å². The number of nitrogens with zero attached hydrogens (tertiary/aromatic N) is 3. The number of anilines is 1. The van der Waals surface area contributed by atoms with E-state index in [1.54, 1.807) is 17.5 Å². The van der Waals surface area contributed by atoms with Crippen LogP contribution in [-0.4, -0.2) is 27.3 Å². The lowest BCUT2D eigenvalue weighted by molar-refractivity contribution is -0.145. The molecular weight excluding hydrogens is 288 g/mol. The van der Waals surface area contributed by atoms with Crippen molar-refractivity contribution in [3.05, 3.63) is 28.5 Å². The number of carbonyl (C=O) groups excluding carboxylic acids is 1. The molecule has 21 heavy (non-hydrogen) atoms. The lowest BCUT2D eigenvalue weighted by Crippen LogP contribution is -2.14. The van der Waals surface area contributed by atoms with Crippen LogP contribution in [0.25, 0.3) is 0 Å². The van der Waals surface area contributed by atoms with Gasteiger partial charge in [-0.1, -0.05) is 0 Å². The van der Waals surface area contributed by atoms with Crippen LogP contribution in [0.3, 0.4) is 0 Å². The highest BCUT2D eigenvalue weighted by Gasteiger charge is 2.33. The second kappa shape index (κ2) is 5.85. The predicted octanol–water partition coefficient (Wildman–Crippen LogP) is 2.08. The maximum Gasteiger partial charge on any atom is 0.315 e. The minimum atomic E-state index is -0.191. The standard InChI is InChI=1S/C14H18N4O2S/c1-3-20-13(19)10-4-5-11-12(10)17-14(21-11)15-8-9-6-7-16-18(9)2/h6-7,10H,3-5,8H2,1-2H3,(H,15,17). The van der Waals surface area contributed by atoms with Gasteiger partial charge in [0.15, 0.2) is 5.13 Å². The topological polar surface area (TPSA) is 69.0 Å². The molecule has 6 nitrogen and oxygen atoms in total. The van der Waals surface area contributed by atoms with Crippen molar-refractivity contribution in [3.8, 4) is 0 Å². The number of hydrogen-bond acceptors (Lipinski definition) is 6. The number of hydrogen-bond donors (Lipinski definition) is 1. The first kappa shape index (κ1) is 14.1. The summed E-state index contributed by atoms with van der Waals surface area (Å²) in [6.07, 6.45) is 3.49. The molecule has 0 aromatic carbocycles. The van der Waals surface area contributed by atoms with Gasteiger partial charge in [0.1, 0.15) is 5.92 Å². The largest absolute Gasteiger partial charge is 0.465 e. The molecule has 2 heterocycles. The van der Waals surface area contributed by atoms with Gasteiger partial charge in [0.05, 0.1) is 24.5 Å². The van der Waals surface area contributed by atoms with Gasteiger partial charge < -0.3 is 10.1 Å². The third-order valence-corrected chi connectivity index (χ3v) is 4.72. The van der Waals surface area contributed by atoms with Crippen molar-refractivity contribution in [2.45, 2.75) is 32.2 Å². The molecule has 0 amide bonds. The molecular formula is C14H18N4O2S. The molecule has 0 fully saturated rings. The van der Waals surface area contributed by atoms with Crippen LogP contribution in [0.4, 0.5) is 5.13 Å². The van der Waals surface area contributed by atoms with Gasteiger partial charge in [-0.2, -0.15) is 5.10 Å². The number of ether oxygens (including phenoxy) is 1. The Morgan fingerprint density at radius 1 is 1.62 bits per heavy atom. The zero-order chi connectivity index (χ0) is 14.8. The van der Waals surface area contributed by atoms with Crippen LogP contribution in [0.2, 0.25) is 0 Å². The number of thiazole rings is 1. The number of fused-ring (bicyclic) bond motifs is 1. The smallest absolute Gasteiger partial charge is 0.315 e. The van der Waals surface area contributed by atoms with Crippen molar-refractivity contribution in [2.24, 2.45) is 7.05 Å². The predicted molar refractivity (Wildman–Crippen MR) is 80.3 cm³/mol. The van der Waals surface area contributed by atoms with Gasteiger partial charge in [-0.25, -0.2) is 4.98 Å². The van der Waals surface area contributed by atoms with Gasteiger partial charge in [0.25, 0.3) is 0 Å². The van der Waals surface area contributed by atoms with Crippen LogP contribution in [0.1, 0.15) is 35.5 Å². The molecule has 3 rings (SSSR count). The molecule has 0 bridgehead atoms. The minimum absolute atomic E-state index is 0.153. The molecule has 7 heteroatoms. The zero-order valence-electron chi connectivity index (χ0n) is 12.1. The third-order valence-electron chi connectivity index (χ3n) is 3.63. The molecule has 2 aromatic rings. The van der Waals surface area contributed by atoms with Crippen molar-refractivity contribution in [3.63, 3.8) is 0 Å². The maximum atomic E-state index is 11.9. The van der Waals surface area contributed by atoms with Crippen molar-refractivity contribution < 1.29 is 9.53 Å². The fourth-order valence-corrected chi connectivity index (χ4v) is 3.55. The first-order valence-corrected chi connectivity index (χ1v) is 7.87. The molecule has 1 aliphatic rings. The molecule has 1 atom stereocenters. The van der Waals surface area contributed by atoms with E-state index >= 15 is 0 Å². The Labute approximate surface area is 127 Å². The normalized spacial score (nSPS) is 16.8. The molecule has 1 unspecified atom stereocenters. The Morgan fingerprint density at radius 2 is 2.48 bits per heavy atom. The van der Waals surface area contributed by atoms with Gasteiger partial charge in [-0.05, 0) is 25.8 Å². The summed E-state index contributed by atoms with van der Waals surface area (Å²) in [6, 6.07) is 1.97. The summed E-state index contributed by atoms with van der Waals surface area (Å²) >= 11 is 1.63. The number of rotatable bonds is 5. The van der Waals surface area contributed by atoms with E-state index in [2.05, 4.69) is 15.4 Å². The fraction of sp³-hybridized carbons (Fsp3) is 0.500. The monoisotopic (exact) mass is 306 g/mol. The first-order valence-electron chi connectivity index (χ1n) is 7.06. The molecule has 0 spiro atoms. The van der Waals surface area contributed by atoms with Crippen molar-refractivity contribution >= 4 is 22.4 Å². The first-order chi connectivity index (χ1) is 10.2. The SMILES string of the molecule is CCOC(=O)C1CCc2sc(NCc3ccnn3C)nc21. The van der Waals surface area contributed by atoms with Crippen LogP contribution >= 0.6 is 11.3 Å². The Balaban J connectivity index is 1.69. The number of nitrogens with one attached hydrogen (secondary N) is 1. The summed E-state index contributed by atoms with van der Waals surface area (Å²) in [4.78, 5) is 17.7. The minimum Gasteiger partial charge on any atom is -0.465 e. The van der Waals surface area contributed by atoms with Gasteiger partial charge in [0, 0.05) is 18.1 Å². The number of aromatic nitrogens is 3. The average Bonchev–Trinajstić information content (AvgIpc) is 3.11. The Bertz CT molecular complexity index is 649. The van der Waals surface area contributed by atoms with E-state index in [0.717, 1.165) is 29.4 Å². The van der Waals surface area contributed by atoms with Gasteiger partial charge in [-0.3, -0.25) is 9.48 Å². The summed E-state index contributed by atoms with van der Waals surface area (Å²) in [5, 5.41) is 8.29. The van der Waals surface area contributed by atoms with Crippen LogP contribution in [0.15, 0.2) is 12.3 Å². The Morgan fingerprint density at radius 3 is 3.19 bits per heavy atom. The highest BCUT2D eigenvalue weighted by Crippen LogP contribution is 2.39. The van der Waals surface area contributed by atoms with Crippen LogP contribution in [0.5, 0.6) is 0 Å². The van der Waals surface area contributed by atoms with Crippen LogP contribution < -0.4 is 5.32 Å². The molecule has 0 aliphatic heterocycles. The van der Waals surface area contributed by atoms with Gasteiger partial charge in [-0.15, -0.1) is 11.3 Å². The molecule has 2 aromatic heterocycles. The second-order valence-electron chi connectivity index (χ2n) is 4.97. The molecule has 0 radical (unpaired) electrons. The molecule has 1 N–H and O–H groups in total. The number of aryl methyl sites for hydroxylation is 2. The summed E-state index contributed by atoms with van der Waals surface area (Å²) in [6.45, 7) is 2.92. The molecule has 1 aliphatic carbocycles. The quantitative estimate of drug-likeness (QED) is 0.857. The third kappa shape index (κ3) is 2.78. The zero-order valence-corrected chi connectivity index (χ0v) is 12.9. The van der Waals surface area contributed by atoms with E-state index in [4.69, 9.17) is 4.74 Å². The van der Waals surface area contributed by atoms with E-state index in [1.807, 2.05) is 24.7 Å².